The van der Waals surface area contributed by atoms with Gasteiger partial charge >= 0.3 is 6.09 Å². The summed E-state index contributed by atoms with van der Waals surface area (Å²) in [7, 11) is 1.65. The summed E-state index contributed by atoms with van der Waals surface area (Å²) < 4.78 is 10.7. The second kappa shape index (κ2) is 7.24. The van der Waals surface area contributed by atoms with E-state index >= 15 is 0 Å². The van der Waals surface area contributed by atoms with Crippen molar-refractivity contribution in [2.45, 2.75) is 13.8 Å². The van der Waals surface area contributed by atoms with Crippen LogP contribution in [0, 0.1) is 5.92 Å². The third kappa shape index (κ3) is 3.96. The van der Waals surface area contributed by atoms with Crippen molar-refractivity contribution in [1.82, 2.24) is 4.90 Å². The fourth-order valence-electron chi connectivity index (χ4n) is 2.41. The molecule has 2 N–H and O–H groups in total. The van der Waals surface area contributed by atoms with Crippen LogP contribution in [0.1, 0.15) is 13.8 Å². The van der Waals surface area contributed by atoms with Gasteiger partial charge in [0.25, 0.3) is 0 Å². The smallest absolute Gasteiger partial charge is 0.409 e. The van der Waals surface area contributed by atoms with Crippen LogP contribution in [0.2, 0.25) is 0 Å². The first-order chi connectivity index (χ1) is 10.5. The summed E-state index contributed by atoms with van der Waals surface area (Å²) in [4.78, 5) is 15.9. The van der Waals surface area contributed by atoms with E-state index in [-0.39, 0.29) is 6.09 Å². The van der Waals surface area contributed by atoms with Crippen molar-refractivity contribution in [2.75, 3.05) is 50.5 Å². The molecule has 1 fully saturated rings. The maximum atomic E-state index is 12.0. The molecule has 6 nitrogen and oxygen atoms in total. The Morgan fingerprint density at radius 1 is 1.27 bits per heavy atom. The molecule has 0 radical (unpaired) electrons. The van der Waals surface area contributed by atoms with E-state index in [1.54, 1.807) is 12.0 Å². The van der Waals surface area contributed by atoms with Gasteiger partial charge in [0.1, 0.15) is 5.75 Å². The number of hydrogen-bond acceptors (Lipinski definition) is 5. The number of amides is 1. The normalized spacial score (nSPS) is 15.1. The summed E-state index contributed by atoms with van der Waals surface area (Å²) in [5, 5.41) is 0. The van der Waals surface area contributed by atoms with E-state index in [2.05, 4.69) is 4.90 Å². The van der Waals surface area contributed by atoms with Crippen LogP contribution in [0.25, 0.3) is 0 Å². The van der Waals surface area contributed by atoms with E-state index in [1.807, 2.05) is 32.0 Å². The Morgan fingerprint density at radius 2 is 1.95 bits per heavy atom. The first-order valence-electron chi connectivity index (χ1n) is 7.61. The van der Waals surface area contributed by atoms with Gasteiger partial charge in [-0.05, 0) is 24.1 Å². The van der Waals surface area contributed by atoms with Crippen molar-refractivity contribution in [3.63, 3.8) is 0 Å². The minimum Gasteiger partial charge on any atom is -0.495 e. The zero-order chi connectivity index (χ0) is 16.1. The van der Waals surface area contributed by atoms with Gasteiger partial charge in [0.2, 0.25) is 0 Å². The summed E-state index contributed by atoms with van der Waals surface area (Å²) >= 11 is 0. The minimum absolute atomic E-state index is 0.229. The molecule has 1 saturated heterocycles. The highest BCUT2D eigenvalue weighted by atomic mass is 16.6. The molecule has 0 bridgehead atoms. The molecule has 0 spiro atoms. The van der Waals surface area contributed by atoms with Gasteiger partial charge in [-0.2, -0.15) is 0 Å². The fourth-order valence-corrected chi connectivity index (χ4v) is 2.41. The number of hydrogen-bond donors (Lipinski definition) is 1. The van der Waals surface area contributed by atoms with E-state index in [4.69, 9.17) is 15.2 Å². The molecule has 0 unspecified atom stereocenters. The summed E-state index contributed by atoms with van der Waals surface area (Å²) in [6.07, 6.45) is -0.229. The number of rotatable bonds is 4. The van der Waals surface area contributed by atoms with Gasteiger partial charge in [-0.15, -0.1) is 0 Å². The predicted molar refractivity (Wildman–Crippen MR) is 87.4 cm³/mol. The number of nitrogens with two attached hydrogens (primary N) is 1. The zero-order valence-electron chi connectivity index (χ0n) is 13.5. The van der Waals surface area contributed by atoms with Crippen molar-refractivity contribution in [3.8, 4) is 5.75 Å². The summed E-state index contributed by atoms with van der Waals surface area (Å²) in [5.74, 6) is 1.15. The lowest BCUT2D eigenvalue weighted by Crippen LogP contribution is -2.49. The van der Waals surface area contributed by atoms with Gasteiger partial charge in [-0.25, -0.2) is 4.79 Å². The Labute approximate surface area is 131 Å². The Kier molecular flexibility index (Phi) is 5.35. The lowest BCUT2D eigenvalue weighted by molar-refractivity contribution is 0.0901. The average molecular weight is 307 g/mol. The molecular formula is C16H25N3O3. The Hall–Kier alpha value is -2.11. The van der Waals surface area contributed by atoms with Crippen molar-refractivity contribution >= 4 is 17.5 Å². The van der Waals surface area contributed by atoms with E-state index in [0.717, 1.165) is 24.5 Å². The summed E-state index contributed by atoms with van der Waals surface area (Å²) in [6.45, 7) is 7.24. The van der Waals surface area contributed by atoms with Crippen LogP contribution in [-0.4, -0.2) is 50.9 Å². The standard InChI is InChI=1S/C16H25N3O3/c1-12(2)11-22-16(20)19-8-6-18(7-9-19)14-10-13(17)4-5-15(14)21-3/h4-5,10,12H,6-9,11,17H2,1-3H3. The maximum Gasteiger partial charge on any atom is 0.409 e. The predicted octanol–water partition coefficient (Wildman–Crippen LogP) is 2.19. The number of nitrogen functional groups attached to an aromatic ring is 1. The molecule has 0 aliphatic carbocycles. The maximum absolute atomic E-state index is 12.0. The first kappa shape index (κ1) is 16.3. The van der Waals surface area contributed by atoms with Crippen LogP contribution in [0.4, 0.5) is 16.2 Å². The van der Waals surface area contributed by atoms with E-state index in [0.29, 0.717) is 31.3 Å². The number of piperazine rings is 1. The molecule has 1 heterocycles. The lowest BCUT2D eigenvalue weighted by atomic mass is 10.2. The molecule has 6 heteroatoms. The summed E-state index contributed by atoms with van der Waals surface area (Å²) in [6, 6.07) is 5.60. The molecular weight excluding hydrogens is 282 g/mol. The van der Waals surface area contributed by atoms with Crippen molar-refractivity contribution < 1.29 is 14.3 Å². The molecule has 2 rings (SSSR count). The second-order valence-electron chi connectivity index (χ2n) is 5.88. The molecule has 0 atom stereocenters. The van der Waals surface area contributed by atoms with E-state index in [9.17, 15) is 4.79 Å². The highest BCUT2D eigenvalue weighted by Crippen LogP contribution is 2.31. The van der Waals surface area contributed by atoms with Gasteiger partial charge in [-0.3, -0.25) is 0 Å². The Bertz CT molecular complexity index is 511. The number of benzene rings is 1. The zero-order valence-corrected chi connectivity index (χ0v) is 13.5. The van der Waals surface area contributed by atoms with Crippen molar-refractivity contribution in [1.29, 1.82) is 0 Å². The molecule has 1 aromatic carbocycles. The van der Waals surface area contributed by atoms with Crippen LogP contribution in [-0.2, 0) is 4.74 Å². The van der Waals surface area contributed by atoms with Crippen molar-refractivity contribution in [2.24, 2.45) is 5.92 Å². The Morgan fingerprint density at radius 3 is 2.55 bits per heavy atom. The Balaban J connectivity index is 1.95. The number of methoxy groups -OCH3 is 1. The second-order valence-corrected chi connectivity index (χ2v) is 5.88. The molecule has 1 amide bonds. The summed E-state index contributed by atoms with van der Waals surface area (Å²) in [5.41, 5.74) is 7.54. The van der Waals surface area contributed by atoms with Crippen LogP contribution in [0.15, 0.2) is 18.2 Å². The lowest BCUT2D eigenvalue weighted by Gasteiger charge is -2.36. The number of carbonyl (C=O) groups excluding carboxylic acids is 1. The molecule has 1 aliphatic heterocycles. The fraction of sp³-hybridized carbons (Fsp3) is 0.562. The SMILES string of the molecule is COc1ccc(N)cc1N1CCN(C(=O)OCC(C)C)CC1. The third-order valence-corrected chi connectivity index (χ3v) is 3.62. The molecule has 0 saturated carbocycles. The highest BCUT2D eigenvalue weighted by Gasteiger charge is 2.24. The van der Waals surface area contributed by atoms with Crippen LogP contribution >= 0.6 is 0 Å². The van der Waals surface area contributed by atoms with Crippen LogP contribution in [0.3, 0.4) is 0 Å². The largest absolute Gasteiger partial charge is 0.495 e. The number of nitrogens with zero attached hydrogens (tertiary/aromatic N) is 2. The van der Waals surface area contributed by atoms with Gasteiger partial charge in [0.05, 0.1) is 19.4 Å². The van der Waals surface area contributed by atoms with Crippen molar-refractivity contribution in [3.05, 3.63) is 18.2 Å². The minimum atomic E-state index is -0.229. The van der Waals surface area contributed by atoms with Crippen LogP contribution < -0.4 is 15.4 Å². The molecule has 1 aromatic rings. The van der Waals surface area contributed by atoms with Gasteiger partial charge in [-0.1, -0.05) is 13.8 Å². The molecule has 1 aliphatic rings. The quantitative estimate of drug-likeness (QED) is 0.864. The van der Waals surface area contributed by atoms with E-state index in [1.165, 1.54) is 0 Å². The topological polar surface area (TPSA) is 68.0 Å². The number of ether oxygens (including phenoxy) is 2. The number of carbonyl (C=O) groups is 1. The van der Waals surface area contributed by atoms with Crippen LogP contribution in [0.5, 0.6) is 5.75 Å². The van der Waals surface area contributed by atoms with Gasteiger partial charge < -0.3 is 25.0 Å². The molecule has 0 aromatic heterocycles. The average Bonchev–Trinajstić information content (AvgIpc) is 2.52. The monoisotopic (exact) mass is 307 g/mol. The molecule has 122 valence electrons. The highest BCUT2D eigenvalue weighted by molar-refractivity contribution is 5.69. The van der Waals surface area contributed by atoms with Gasteiger partial charge in [0, 0.05) is 31.9 Å². The first-order valence-corrected chi connectivity index (χ1v) is 7.61. The molecule has 22 heavy (non-hydrogen) atoms. The third-order valence-electron chi connectivity index (χ3n) is 3.62. The number of anilines is 2. The van der Waals surface area contributed by atoms with Gasteiger partial charge in [0.15, 0.2) is 0 Å². The van der Waals surface area contributed by atoms with E-state index < -0.39 is 0 Å².